The van der Waals surface area contributed by atoms with E-state index in [1.54, 1.807) is 69.3 Å². The molecule has 8 rings (SSSR count). The van der Waals surface area contributed by atoms with E-state index in [4.69, 9.17) is 23.9 Å². The van der Waals surface area contributed by atoms with Crippen molar-refractivity contribution in [1.29, 1.82) is 0 Å². The number of ether oxygens (including phenoxy) is 4. The van der Waals surface area contributed by atoms with Gasteiger partial charge < -0.3 is 29.4 Å². The van der Waals surface area contributed by atoms with Crippen molar-refractivity contribution in [1.82, 2.24) is 24.8 Å². The fourth-order valence-electron chi connectivity index (χ4n) is 9.76. The third kappa shape index (κ3) is 8.60. The molecule has 2 aromatic carbocycles. The molecule has 2 aliphatic carbocycles. The normalized spacial score (nSPS) is 29.7. The number of carbonyl (C=O) groups excluding carboxylic acids is 3. The number of rotatable bonds is 10. The minimum atomic E-state index is -4.35. The van der Waals surface area contributed by atoms with Gasteiger partial charge in [-0.3, -0.25) is 28.9 Å². The number of nitrogens with zero attached hydrogens (tertiary/aromatic N) is 3. The van der Waals surface area contributed by atoms with E-state index in [1.165, 1.54) is 14.0 Å². The fraction of sp³-hybridized carbons (Fsp3) is 0.562. The van der Waals surface area contributed by atoms with Crippen molar-refractivity contribution >= 4 is 44.6 Å². The first-order valence-electron chi connectivity index (χ1n) is 22.9. The predicted octanol–water partition coefficient (Wildman–Crippen LogP) is 7.05. The van der Waals surface area contributed by atoms with E-state index in [0.29, 0.717) is 78.2 Å². The third-order valence-electron chi connectivity index (χ3n) is 14.5. The number of fused-ring (bicyclic) bond motifs is 4. The zero-order valence-corrected chi connectivity index (χ0v) is 39.6. The number of nitrogens with one attached hydrogen (secondary N) is 2. The maximum absolute atomic E-state index is 18.1. The molecule has 8 atom stereocenters. The molecule has 0 bridgehead atoms. The summed E-state index contributed by atoms with van der Waals surface area (Å²) in [6.07, 6.45) is 3.40. The average Bonchev–Trinajstić information content (AvgIpc) is 4.20. The van der Waals surface area contributed by atoms with Crippen molar-refractivity contribution in [2.75, 3.05) is 20.3 Å². The molecule has 2 saturated carbocycles. The molecule has 362 valence electrons. The van der Waals surface area contributed by atoms with Crippen LogP contribution in [0.2, 0.25) is 0 Å². The van der Waals surface area contributed by atoms with Crippen LogP contribution >= 0.6 is 0 Å². The lowest BCUT2D eigenvalue weighted by Crippen LogP contribution is -2.64. The van der Waals surface area contributed by atoms with Crippen molar-refractivity contribution in [3.63, 3.8) is 0 Å². The smallest absolute Gasteiger partial charge is 0.408 e. The fourth-order valence-corrected chi connectivity index (χ4v) is 11.1. The summed E-state index contributed by atoms with van der Waals surface area (Å²) in [7, 11) is -2.72. The molecule has 3 N–H and O–H groups in total. The average molecular weight is 952 g/mol. The maximum atomic E-state index is 18.1. The molecule has 0 radical (unpaired) electrons. The van der Waals surface area contributed by atoms with E-state index in [-0.39, 0.29) is 36.0 Å². The Kier molecular flexibility index (Phi) is 12.4. The van der Waals surface area contributed by atoms with Crippen LogP contribution in [0.5, 0.6) is 23.1 Å². The zero-order valence-electron chi connectivity index (χ0n) is 38.8. The van der Waals surface area contributed by atoms with Crippen LogP contribution < -0.4 is 29.0 Å². The number of pyridine rings is 1. The molecule has 67 heavy (non-hydrogen) atoms. The Morgan fingerprint density at radius 2 is 1.78 bits per heavy atom. The van der Waals surface area contributed by atoms with Crippen molar-refractivity contribution in [2.24, 2.45) is 17.8 Å². The van der Waals surface area contributed by atoms with E-state index < -0.39 is 92.2 Å². The highest BCUT2D eigenvalue weighted by Gasteiger charge is 2.71. The number of methoxy groups -OCH3 is 1. The Labute approximate surface area is 388 Å². The van der Waals surface area contributed by atoms with Crippen molar-refractivity contribution in [3.8, 4) is 34.4 Å². The van der Waals surface area contributed by atoms with Crippen LogP contribution in [-0.4, -0.2) is 113 Å². The topological polar surface area (TPSA) is 203 Å². The van der Waals surface area contributed by atoms with Gasteiger partial charge in [-0.2, -0.15) is 8.78 Å². The summed E-state index contributed by atoms with van der Waals surface area (Å²) < 4.78 is 87.4. The molecule has 4 amide bonds. The molecule has 1 unspecified atom stereocenters. The molecule has 1 saturated heterocycles. The van der Waals surface area contributed by atoms with Gasteiger partial charge in [0.1, 0.15) is 36.6 Å². The van der Waals surface area contributed by atoms with Gasteiger partial charge in [0.05, 0.1) is 17.6 Å². The lowest BCUT2D eigenvalue weighted by Gasteiger charge is -2.42. The van der Waals surface area contributed by atoms with E-state index in [2.05, 4.69) is 10.0 Å². The number of hydrogen-bond acceptors (Lipinski definition) is 11. The third-order valence-corrected chi connectivity index (χ3v) is 16.6. The van der Waals surface area contributed by atoms with Crippen LogP contribution in [0.4, 0.5) is 13.6 Å². The van der Waals surface area contributed by atoms with Gasteiger partial charge in [-0.05, 0) is 125 Å². The molecule has 3 aliphatic heterocycles. The van der Waals surface area contributed by atoms with Crippen molar-refractivity contribution in [2.45, 2.75) is 133 Å². The Bertz CT molecular complexity index is 2630. The van der Waals surface area contributed by atoms with Crippen LogP contribution in [0.15, 0.2) is 54.6 Å². The first-order valence-corrected chi connectivity index (χ1v) is 24.4. The second-order valence-electron chi connectivity index (χ2n) is 19.4. The molecule has 16 nitrogen and oxygen atoms in total. The Hall–Kier alpha value is -5.72. The van der Waals surface area contributed by atoms with Crippen LogP contribution in [-0.2, 0) is 24.4 Å². The Morgan fingerprint density at radius 3 is 2.45 bits per heavy atom. The van der Waals surface area contributed by atoms with E-state index in [0.717, 1.165) is 11.8 Å². The number of amides is 4. The molecular weight excluding hydrogens is 893 g/mol. The summed E-state index contributed by atoms with van der Waals surface area (Å²) in [6, 6.07) is 2.85. The number of sulfonamides is 1. The highest BCUT2D eigenvalue weighted by atomic mass is 32.2. The number of aromatic nitrogens is 1. The number of carboxylic acid groups (broad SMARTS) is 1. The standard InChI is InChI=1S/C48H59F2N5O11S/c1-8-29(4)54(44(59)60)39-28(3)21-27(2)11-9-10-12-32-25-47(32,43(58)53-67(61,62)45(5)17-18-45)52-40(56)36-26-46(6,48(49,50)55(36)42(39)57)66-41-34-15-14-33(63-7)22-31(34)23-35(51-41)30-13-16-37-38(24-30)65-20-19-64-37/h10,12-16,22-24,27-29,32,36,39H,8-9,11,17-21,25-26H2,1-7H3,(H,52,56)(H,53,58)(H,59,60)/b12-10-/t27-,28+,29?,32+,36-,39-,46+,47+/m0/s1. The SMILES string of the molecule is CCC(C)N(C(=O)O)[C@@H]1C(=O)N2[C@@H](C[C@@](C)(Oc3nc(-c4ccc5c(c4)OCCO5)cc4cc(OC)ccc34)C2(F)F)C(=O)N[C@]2(C(=O)NS(=O)(=O)C3(C)CC3)C[C@H]2/C=C\CC[C@H](C)C[C@H]1C. The van der Waals surface area contributed by atoms with Gasteiger partial charge in [0.2, 0.25) is 21.8 Å². The molecule has 4 heterocycles. The minimum absolute atomic E-state index is 0.0415. The molecule has 0 spiro atoms. The van der Waals surface area contributed by atoms with Gasteiger partial charge in [0, 0.05) is 29.3 Å². The second kappa shape index (κ2) is 17.4. The lowest BCUT2D eigenvalue weighted by molar-refractivity contribution is -0.219. The predicted molar refractivity (Wildman–Crippen MR) is 242 cm³/mol. The molecular formula is C48H59F2N5O11S. The van der Waals surface area contributed by atoms with E-state index >= 15 is 13.6 Å². The Balaban J connectivity index is 1.25. The number of hydrogen-bond donors (Lipinski definition) is 3. The van der Waals surface area contributed by atoms with E-state index in [1.807, 2.05) is 13.0 Å². The molecule has 3 fully saturated rings. The van der Waals surface area contributed by atoms with Crippen LogP contribution in [0, 0.1) is 17.8 Å². The summed E-state index contributed by atoms with van der Waals surface area (Å²) in [5.41, 5.74) is -3.77. The number of allylic oxidation sites excluding steroid dienone is 1. The largest absolute Gasteiger partial charge is 0.497 e. The maximum Gasteiger partial charge on any atom is 0.408 e. The number of carbonyl (C=O) groups is 4. The highest BCUT2D eigenvalue weighted by Crippen LogP contribution is 2.52. The minimum Gasteiger partial charge on any atom is -0.497 e. The highest BCUT2D eigenvalue weighted by molar-refractivity contribution is 7.91. The summed E-state index contributed by atoms with van der Waals surface area (Å²) in [4.78, 5) is 63.5. The Morgan fingerprint density at radius 1 is 1.06 bits per heavy atom. The van der Waals surface area contributed by atoms with Crippen molar-refractivity contribution in [3.05, 3.63) is 54.6 Å². The first-order chi connectivity index (χ1) is 31.6. The monoisotopic (exact) mass is 951 g/mol. The van der Waals surface area contributed by atoms with Gasteiger partial charge in [-0.15, -0.1) is 0 Å². The van der Waals surface area contributed by atoms with Crippen LogP contribution in [0.3, 0.4) is 0 Å². The summed E-state index contributed by atoms with van der Waals surface area (Å²) in [5.74, 6) is -4.00. The first kappa shape index (κ1) is 47.8. The molecule has 5 aliphatic rings. The zero-order chi connectivity index (χ0) is 48.4. The van der Waals surface area contributed by atoms with E-state index in [9.17, 15) is 27.9 Å². The summed E-state index contributed by atoms with van der Waals surface area (Å²) in [5, 5.41) is 14.1. The van der Waals surface area contributed by atoms with Gasteiger partial charge in [0.15, 0.2) is 17.1 Å². The molecule has 1 aromatic heterocycles. The van der Waals surface area contributed by atoms with Gasteiger partial charge in [-0.25, -0.2) is 18.2 Å². The molecule has 19 heteroatoms. The number of alkyl halides is 2. The summed E-state index contributed by atoms with van der Waals surface area (Å²) in [6.45, 7) is 10.1. The second-order valence-corrected chi connectivity index (χ2v) is 21.6. The molecule has 3 aromatic rings. The van der Waals surface area contributed by atoms with Gasteiger partial charge in [-0.1, -0.05) is 32.9 Å². The van der Waals surface area contributed by atoms with Crippen molar-refractivity contribution < 1.29 is 60.4 Å². The summed E-state index contributed by atoms with van der Waals surface area (Å²) >= 11 is 0. The number of benzene rings is 2. The number of halogens is 2. The quantitative estimate of drug-likeness (QED) is 0.138. The van der Waals surface area contributed by atoms with Gasteiger partial charge >= 0.3 is 12.1 Å². The lowest BCUT2D eigenvalue weighted by atomic mass is 9.86. The van der Waals surface area contributed by atoms with Crippen LogP contribution in [0.1, 0.15) is 92.9 Å². The van der Waals surface area contributed by atoms with Gasteiger partial charge in [0.25, 0.3) is 11.8 Å². The van der Waals surface area contributed by atoms with Crippen LogP contribution in [0.25, 0.3) is 22.0 Å².